The van der Waals surface area contributed by atoms with E-state index < -0.39 is 28.6 Å². The first-order valence-corrected chi connectivity index (χ1v) is 9.46. The molecule has 1 amide bonds. The second-order valence-electron chi connectivity index (χ2n) is 7.19. The molecule has 0 unspecified atom stereocenters. The van der Waals surface area contributed by atoms with Crippen LogP contribution in [0.5, 0.6) is 11.5 Å². The van der Waals surface area contributed by atoms with Gasteiger partial charge in [0.25, 0.3) is 11.6 Å². The minimum absolute atomic E-state index is 0.0473. The fourth-order valence-corrected chi connectivity index (χ4v) is 3.50. The highest BCUT2D eigenvalue weighted by molar-refractivity contribution is 5.96. The summed E-state index contributed by atoms with van der Waals surface area (Å²) in [5.41, 5.74) is -0.734. The highest BCUT2D eigenvalue weighted by Crippen LogP contribution is 2.37. The molecular weight excluding hydrogens is 368 g/mol. The highest BCUT2D eigenvalue weighted by atomic mass is 16.6. The Morgan fingerprint density at radius 1 is 1.21 bits per heavy atom. The summed E-state index contributed by atoms with van der Waals surface area (Å²) in [6.07, 6.45) is 3.05. The van der Waals surface area contributed by atoms with Gasteiger partial charge < -0.3 is 19.5 Å². The molecule has 3 rings (SSSR count). The maximum Gasteiger partial charge on any atom is 0.346 e. The molecule has 1 heterocycles. The molecular formula is C19H24N2O7. The zero-order valence-electron chi connectivity index (χ0n) is 15.9. The lowest BCUT2D eigenvalue weighted by molar-refractivity contribution is -0.385. The highest BCUT2D eigenvalue weighted by Gasteiger charge is 2.31. The summed E-state index contributed by atoms with van der Waals surface area (Å²) in [4.78, 5) is 35.6. The number of fused-ring (bicyclic) bond motifs is 1. The molecule has 2 aliphatic rings. The predicted molar refractivity (Wildman–Crippen MR) is 98.5 cm³/mol. The van der Waals surface area contributed by atoms with Gasteiger partial charge in [0, 0.05) is 12.1 Å². The van der Waals surface area contributed by atoms with Crippen LogP contribution in [-0.2, 0) is 9.53 Å². The number of esters is 1. The molecule has 152 valence electrons. The van der Waals surface area contributed by atoms with E-state index in [2.05, 4.69) is 12.2 Å². The van der Waals surface area contributed by atoms with E-state index in [0.717, 1.165) is 31.7 Å². The monoisotopic (exact) mass is 392 g/mol. The fourth-order valence-electron chi connectivity index (χ4n) is 3.50. The van der Waals surface area contributed by atoms with Crippen molar-refractivity contribution >= 4 is 17.6 Å². The van der Waals surface area contributed by atoms with Crippen LogP contribution < -0.4 is 14.8 Å². The predicted octanol–water partition coefficient (Wildman–Crippen LogP) is 2.61. The largest absolute Gasteiger partial charge is 0.486 e. The number of hydrogen-bond acceptors (Lipinski definition) is 7. The Morgan fingerprint density at radius 3 is 2.50 bits per heavy atom. The molecule has 0 bridgehead atoms. The number of nitrogens with one attached hydrogen (secondary N) is 1. The first kappa shape index (κ1) is 19.9. The molecule has 1 N–H and O–H groups in total. The number of carbonyl (C=O) groups is 2. The van der Waals surface area contributed by atoms with Gasteiger partial charge in [0.1, 0.15) is 18.8 Å². The van der Waals surface area contributed by atoms with Crippen molar-refractivity contribution in [2.45, 2.75) is 51.7 Å². The molecule has 0 saturated heterocycles. The van der Waals surface area contributed by atoms with Crippen molar-refractivity contribution in [3.05, 3.63) is 27.8 Å². The van der Waals surface area contributed by atoms with Gasteiger partial charge in [0.2, 0.25) is 0 Å². The molecule has 9 heteroatoms. The molecule has 28 heavy (non-hydrogen) atoms. The summed E-state index contributed by atoms with van der Waals surface area (Å²) in [5, 5.41) is 14.3. The van der Waals surface area contributed by atoms with Crippen molar-refractivity contribution < 1.29 is 28.7 Å². The Labute approximate surface area is 162 Å². The van der Waals surface area contributed by atoms with Crippen LogP contribution >= 0.6 is 0 Å². The number of amides is 1. The van der Waals surface area contributed by atoms with Crippen LogP contribution in [0.25, 0.3) is 0 Å². The molecule has 0 aromatic heterocycles. The number of nitrogens with zero attached hydrogens (tertiary/aromatic N) is 1. The van der Waals surface area contributed by atoms with Crippen LogP contribution in [0.4, 0.5) is 5.69 Å². The lowest BCUT2D eigenvalue weighted by Gasteiger charge is -2.30. The number of rotatable bonds is 5. The normalized spacial score (nSPS) is 22.1. The van der Waals surface area contributed by atoms with Crippen LogP contribution in [0, 0.1) is 16.0 Å². The van der Waals surface area contributed by atoms with Gasteiger partial charge >= 0.3 is 5.97 Å². The molecule has 3 atom stereocenters. The van der Waals surface area contributed by atoms with Gasteiger partial charge in [-0.3, -0.25) is 14.9 Å². The molecule has 1 aromatic carbocycles. The molecule has 1 aromatic rings. The number of nitro benzene ring substituents is 1. The smallest absolute Gasteiger partial charge is 0.346 e. The van der Waals surface area contributed by atoms with E-state index >= 15 is 0 Å². The molecule has 1 aliphatic heterocycles. The maximum atomic E-state index is 12.5. The van der Waals surface area contributed by atoms with E-state index in [0.29, 0.717) is 5.92 Å². The van der Waals surface area contributed by atoms with Gasteiger partial charge in [-0.05, 0) is 25.7 Å². The van der Waals surface area contributed by atoms with Gasteiger partial charge in [-0.2, -0.15) is 0 Å². The lowest BCUT2D eigenvalue weighted by Crippen LogP contribution is -2.46. The van der Waals surface area contributed by atoms with E-state index in [1.165, 1.54) is 13.0 Å². The van der Waals surface area contributed by atoms with Crippen molar-refractivity contribution in [3.63, 3.8) is 0 Å². The molecule has 1 fully saturated rings. The van der Waals surface area contributed by atoms with Crippen LogP contribution in [0.1, 0.15) is 49.9 Å². The number of nitro groups is 1. The third kappa shape index (κ3) is 4.35. The van der Waals surface area contributed by atoms with Crippen LogP contribution in [0.15, 0.2) is 12.1 Å². The minimum Gasteiger partial charge on any atom is -0.486 e. The summed E-state index contributed by atoms with van der Waals surface area (Å²) in [5.74, 6) is -0.571. The third-order valence-electron chi connectivity index (χ3n) is 5.17. The van der Waals surface area contributed by atoms with E-state index in [9.17, 15) is 19.7 Å². The van der Waals surface area contributed by atoms with Crippen molar-refractivity contribution in [2.24, 2.45) is 5.92 Å². The second-order valence-corrected chi connectivity index (χ2v) is 7.19. The zero-order valence-corrected chi connectivity index (χ0v) is 15.9. The summed E-state index contributed by atoms with van der Waals surface area (Å²) in [6.45, 7) is 4.08. The SMILES string of the molecule is C[C@@H](OC(=O)c1cc2c(cc1[N+](=O)[O-])OCCO2)C(=O)N[C@@H]1CCCC[C@@H]1C. The van der Waals surface area contributed by atoms with Crippen molar-refractivity contribution in [1.29, 1.82) is 0 Å². The van der Waals surface area contributed by atoms with Crippen molar-refractivity contribution in [1.82, 2.24) is 5.32 Å². The first-order chi connectivity index (χ1) is 13.4. The lowest BCUT2D eigenvalue weighted by atomic mass is 9.86. The Balaban J connectivity index is 1.71. The number of hydrogen-bond donors (Lipinski definition) is 1. The number of carbonyl (C=O) groups excluding carboxylic acids is 2. The summed E-state index contributed by atoms with van der Waals surface area (Å²) in [7, 11) is 0. The van der Waals surface area contributed by atoms with Crippen LogP contribution in [0.2, 0.25) is 0 Å². The summed E-state index contributed by atoms with van der Waals surface area (Å²) >= 11 is 0. The van der Waals surface area contributed by atoms with Gasteiger partial charge in [-0.25, -0.2) is 4.79 Å². The molecule has 0 radical (unpaired) electrons. The Bertz CT molecular complexity index is 780. The van der Waals surface area contributed by atoms with Crippen LogP contribution in [0.3, 0.4) is 0 Å². The fraction of sp³-hybridized carbons (Fsp3) is 0.579. The van der Waals surface area contributed by atoms with E-state index in [-0.39, 0.29) is 36.3 Å². The third-order valence-corrected chi connectivity index (χ3v) is 5.17. The quantitative estimate of drug-likeness (QED) is 0.465. The second kappa shape index (κ2) is 8.45. The van der Waals surface area contributed by atoms with E-state index in [1.807, 2.05) is 0 Å². The Morgan fingerprint density at radius 2 is 1.86 bits per heavy atom. The van der Waals surface area contributed by atoms with Crippen LogP contribution in [-0.4, -0.2) is 42.2 Å². The van der Waals surface area contributed by atoms with Gasteiger partial charge in [0.15, 0.2) is 17.6 Å². The van der Waals surface area contributed by atoms with Crippen molar-refractivity contribution in [3.8, 4) is 11.5 Å². The minimum atomic E-state index is -1.07. The molecule has 1 aliphatic carbocycles. The van der Waals surface area contributed by atoms with E-state index in [4.69, 9.17) is 14.2 Å². The molecule has 9 nitrogen and oxygen atoms in total. The number of ether oxygens (including phenoxy) is 3. The Hall–Kier alpha value is -2.84. The topological polar surface area (TPSA) is 117 Å². The standard InChI is InChI=1S/C19H24N2O7/c1-11-5-3-4-6-14(11)20-18(22)12(2)28-19(23)13-9-16-17(27-8-7-26-16)10-15(13)21(24)25/h9-12,14H,3-8H2,1-2H3,(H,20,22)/t11-,12+,14+/m0/s1. The average Bonchev–Trinajstić information content (AvgIpc) is 2.68. The summed E-state index contributed by atoms with van der Waals surface area (Å²) < 4.78 is 15.9. The maximum absolute atomic E-state index is 12.5. The average molecular weight is 392 g/mol. The van der Waals surface area contributed by atoms with Gasteiger partial charge in [-0.15, -0.1) is 0 Å². The van der Waals surface area contributed by atoms with Gasteiger partial charge in [0.05, 0.1) is 11.0 Å². The van der Waals surface area contributed by atoms with E-state index in [1.54, 1.807) is 0 Å². The Kier molecular flexibility index (Phi) is 6.01. The van der Waals surface area contributed by atoms with Gasteiger partial charge in [-0.1, -0.05) is 19.8 Å². The number of benzene rings is 1. The first-order valence-electron chi connectivity index (χ1n) is 9.46. The molecule has 1 saturated carbocycles. The summed E-state index contributed by atoms with van der Waals surface area (Å²) in [6, 6.07) is 2.41. The molecule has 0 spiro atoms. The zero-order chi connectivity index (χ0) is 20.3. The van der Waals surface area contributed by atoms with Crippen molar-refractivity contribution in [2.75, 3.05) is 13.2 Å².